The summed E-state index contributed by atoms with van der Waals surface area (Å²) in [7, 11) is 0. The first-order valence-electron chi connectivity index (χ1n) is 17.5. The number of aliphatic carboxylic acids is 1. The van der Waals surface area contributed by atoms with Crippen molar-refractivity contribution < 1.29 is 29.0 Å². The number of nitrogens with one attached hydrogen (secondary N) is 2. The normalized spacial score (nSPS) is 26.4. The highest BCUT2D eigenvalue weighted by Crippen LogP contribution is 2.45. The average molecular weight is 683 g/mol. The zero-order valence-corrected chi connectivity index (χ0v) is 28.9. The summed E-state index contributed by atoms with van der Waals surface area (Å²) in [6.45, 7) is 5.35. The number of carbonyl (C=O) groups is 4. The summed E-state index contributed by atoms with van der Waals surface area (Å²) in [6, 6.07) is 17.3. The molecule has 1 aliphatic carbocycles. The summed E-state index contributed by atoms with van der Waals surface area (Å²) in [4.78, 5) is 57.0. The highest BCUT2D eigenvalue weighted by molar-refractivity contribution is 5.96. The Hall–Kier alpha value is -5.00. The van der Waals surface area contributed by atoms with Gasteiger partial charge in [-0.1, -0.05) is 85.7 Å². The van der Waals surface area contributed by atoms with Gasteiger partial charge in [-0.2, -0.15) is 15.0 Å². The maximum atomic E-state index is 14.4. The molecule has 2 aromatic carbocycles. The van der Waals surface area contributed by atoms with Crippen molar-refractivity contribution in [2.75, 3.05) is 6.54 Å². The number of carbonyl (C=O) groups excluding carboxylic acids is 3. The first-order valence-corrected chi connectivity index (χ1v) is 17.5. The number of benzene rings is 2. The van der Waals surface area contributed by atoms with E-state index in [2.05, 4.69) is 10.6 Å². The topological polar surface area (TPSA) is 156 Å². The van der Waals surface area contributed by atoms with E-state index in [1.807, 2.05) is 72.8 Å². The van der Waals surface area contributed by atoms with E-state index in [0.717, 1.165) is 36.1 Å². The molecule has 2 fully saturated rings. The lowest BCUT2D eigenvalue weighted by molar-refractivity contribution is -0.145. The molecule has 2 aliphatic heterocycles. The van der Waals surface area contributed by atoms with E-state index in [1.54, 1.807) is 25.6 Å². The first-order chi connectivity index (χ1) is 23.9. The maximum Gasteiger partial charge on any atom is 0.408 e. The molecule has 0 bridgehead atoms. The van der Waals surface area contributed by atoms with Crippen LogP contribution in [0.5, 0.6) is 0 Å². The van der Waals surface area contributed by atoms with E-state index in [0.29, 0.717) is 25.0 Å². The van der Waals surface area contributed by atoms with Crippen LogP contribution in [0.25, 0.3) is 11.3 Å². The van der Waals surface area contributed by atoms with Gasteiger partial charge in [0.1, 0.15) is 28.9 Å². The standard InChI is InChI=1S/C38H46N6O6/c1-37(2,3)50-36(49)39-29-20-14-6-4-5-13-19-27-23-38(27,35(47)48)40-33(45)31-22-28(24-43(31)34(29)46)44-41-30(21-25-15-9-7-10-16-25)32(42-44)26-17-11-8-12-18-26/h7-13,15-19,27-29,31H,4-6,14,20-24H2,1-3H3,(H,39,49)(H,40,45)(H,47,48)/b19-13-/t27-,28+,29-,31+,38+/m1/s1. The number of alkyl carbamates (subject to hydrolysis) is 1. The predicted molar refractivity (Wildman–Crippen MR) is 186 cm³/mol. The maximum absolute atomic E-state index is 14.4. The summed E-state index contributed by atoms with van der Waals surface area (Å²) >= 11 is 0. The zero-order chi connectivity index (χ0) is 35.5. The van der Waals surface area contributed by atoms with Crippen LogP contribution in [0.2, 0.25) is 0 Å². The highest BCUT2D eigenvalue weighted by Gasteiger charge is 2.61. The molecule has 50 heavy (non-hydrogen) atoms. The predicted octanol–water partition coefficient (Wildman–Crippen LogP) is 5.05. The van der Waals surface area contributed by atoms with Gasteiger partial charge in [0.05, 0.1) is 11.7 Å². The molecule has 264 valence electrons. The Kier molecular flexibility index (Phi) is 10.1. The molecule has 3 aromatic rings. The van der Waals surface area contributed by atoms with Crippen molar-refractivity contribution in [1.29, 1.82) is 0 Å². The van der Waals surface area contributed by atoms with E-state index in [9.17, 15) is 24.3 Å². The van der Waals surface area contributed by atoms with Gasteiger partial charge < -0.3 is 25.4 Å². The van der Waals surface area contributed by atoms with E-state index < -0.39 is 53.1 Å². The second-order valence-electron chi connectivity index (χ2n) is 14.6. The minimum absolute atomic E-state index is 0.0977. The van der Waals surface area contributed by atoms with Crippen molar-refractivity contribution in [3.63, 3.8) is 0 Å². The third kappa shape index (κ3) is 7.90. The molecule has 3 aliphatic rings. The van der Waals surface area contributed by atoms with Gasteiger partial charge in [0.2, 0.25) is 11.8 Å². The molecule has 3 amide bonds. The summed E-state index contributed by atoms with van der Waals surface area (Å²) in [5.41, 5.74) is 1.22. The molecular formula is C38H46N6O6. The first kappa shape index (κ1) is 34.8. The summed E-state index contributed by atoms with van der Waals surface area (Å²) in [5, 5.41) is 25.7. The molecule has 5 atom stereocenters. The number of nitrogens with zero attached hydrogens (tertiary/aromatic N) is 4. The lowest BCUT2D eigenvalue weighted by atomic mass is 10.0. The minimum atomic E-state index is -1.43. The van der Waals surface area contributed by atoms with Crippen LogP contribution in [0.4, 0.5) is 4.79 Å². The number of ether oxygens (including phenoxy) is 1. The Labute approximate surface area is 292 Å². The fraction of sp³-hybridized carbons (Fsp3) is 0.474. The number of amides is 3. The van der Waals surface area contributed by atoms with Gasteiger partial charge in [-0.25, -0.2) is 9.59 Å². The Balaban J connectivity index is 1.34. The monoisotopic (exact) mass is 682 g/mol. The lowest BCUT2D eigenvalue weighted by Gasteiger charge is -2.30. The molecule has 1 saturated heterocycles. The molecule has 6 rings (SSSR count). The van der Waals surface area contributed by atoms with Crippen LogP contribution >= 0.6 is 0 Å². The van der Waals surface area contributed by atoms with Gasteiger partial charge in [-0.3, -0.25) is 9.59 Å². The van der Waals surface area contributed by atoms with Gasteiger partial charge in [0.25, 0.3) is 0 Å². The zero-order valence-electron chi connectivity index (χ0n) is 28.9. The Morgan fingerprint density at radius 3 is 2.44 bits per heavy atom. The number of aromatic nitrogens is 3. The molecule has 12 heteroatoms. The van der Waals surface area contributed by atoms with Gasteiger partial charge in [0, 0.05) is 30.9 Å². The fourth-order valence-electron chi connectivity index (χ4n) is 6.94. The Morgan fingerprint density at radius 2 is 1.74 bits per heavy atom. The number of allylic oxidation sites excluding steroid dienone is 1. The minimum Gasteiger partial charge on any atom is -0.479 e. The second kappa shape index (κ2) is 14.5. The Morgan fingerprint density at radius 1 is 1.02 bits per heavy atom. The average Bonchev–Trinajstić information content (AvgIpc) is 3.37. The van der Waals surface area contributed by atoms with Crippen molar-refractivity contribution in [2.24, 2.45) is 5.92 Å². The lowest BCUT2D eigenvalue weighted by Crippen LogP contribution is -2.56. The number of carboxylic acids is 1. The van der Waals surface area contributed by atoms with E-state index >= 15 is 0 Å². The summed E-state index contributed by atoms with van der Waals surface area (Å²) in [5.74, 6) is -2.42. The molecule has 0 unspecified atom stereocenters. The summed E-state index contributed by atoms with van der Waals surface area (Å²) < 4.78 is 5.50. The van der Waals surface area contributed by atoms with Crippen LogP contribution in [-0.4, -0.2) is 78.6 Å². The number of hydrogen-bond acceptors (Lipinski definition) is 7. The van der Waals surface area contributed by atoms with Crippen LogP contribution < -0.4 is 10.6 Å². The molecule has 3 heterocycles. The Bertz CT molecular complexity index is 1730. The fourth-order valence-corrected chi connectivity index (χ4v) is 6.94. The van der Waals surface area contributed by atoms with E-state index in [1.165, 1.54) is 4.90 Å². The van der Waals surface area contributed by atoms with E-state index in [4.69, 9.17) is 14.9 Å². The number of hydrogen-bond donors (Lipinski definition) is 3. The quantitative estimate of drug-likeness (QED) is 0.305. The van der Waals surface area contributed by atoms with Crippen LogP contribution in [0.15, 0.2) is 72.8 Å². The van der Waals surface area contributed by atoms with Crippen molar-refractivity contribution in [2.45, 2.75) is 101 Å². The SMILES string of the molecule is CC(C)(C)OC(=O)N[C@@H]1CCCCC/C=C\[C@@H]2C[C@]2(C(=O)O)NC(=O)[C@@H]2C[C@H](n3nc(Cc4ccccc4)c(-c4ccccc4)n3)CN2C1=O. The molecule has 12 nitrogen and oxygen atoms in total. The van der Waals surface area contributed by atoms with Crippen LogP contribution in [-0.2, 0) is 25.5 Å². The molecular weight excluding hydrogens is 636 g/mol. The smallest absolute Gasteiger partial charge is 0.408 e. The largest absolute Gasteiger partial charge is 0.479 e. The molecule has 0 spiro atoms. The van der Waals surface area contributed by atoms with Crippen molar-refractivity contribution in [3.05, 3.63) is 84.1 Å². The highest BCUT2D eigenvalue weighted by atomic mass is 16.6. The molecule has 1 saturated carbocycles. The number of rotatable bonds is 6. The van der Waals surface area contributed by atoms with Crippen molar-refractivity contribution >= 4 is 23.9 Å². The third-order valence-corrected chi connectivity index (χ3v) is 9.62. The number of carboxylic acid groups (broad SMARTS) is 1. The van der Waals surface area contributed by atoms with Crippen LogP contribution in [0, 0.1) is 5.92 Å². The van der Waals surface area contributed by atoms with Crippen molar-refractivity contribution in [3.8, 4) is 11.3 Å². The third-order valence-electron chi connectivity index (χ3n) is 9.62. The van der Waals surface area contributed by atoms with Crippen LogP contribution in [0.1, 0.15) is 83.0 Å². The molecule has 3 N–H and O–H groups in total. The van der Waals surface area contributed by atoms with Gasteiger partial charge in [-0.05, 0) is 52.0 Å². The molecule has 0 radical (unpaired) electrons. The number of fused-ring (bicyclic) bond motifs is 2. The van der Waals surface area contributed by atoms with E-state index in [-0.39, 0.29) is 25.3 Å². The summed E-state index contributed by atoms with van der Waals surface area (Å²) in [6.07, 6.45) is 7.55. The van der Waals surface area contributed by atoms with Gasteiger partial charge >= 0.3 is 12.1 Å². The molecule has 1 aromatic heterocycles. The van der Waals surface area contributed by atoms with Crippen molar-refractivity contribution in [1.82, 2.24) is 30.5 Å². The second-order valence-corrected chi connectivity index (χ2v) is 14.6. The van der Waals surface area contributed by atoms with Gasteiger partial charge in [0.15, 0.2) is 0 Å². The van der Waals surface area contributed by atoms with Gasteiger partial charge in [-0.15, -0.1) is 0 Å². The van der Waals surface area contributed by atoms with Crippen LogP contribution in [0.3, 0.4) is 0 Å².